The van der Waals surface area contributed by atoms with E-state index in [0.29, 0.717) is 0 Å². The number of hydrogen-bond acceptors (Lipinski definition) is 1. The Kier molecular flexibility index (Phi) is 3.36. The molecular formula is C9H13F3O. The highest BCUT2D eigenvalue weighted by Crippen LogP contribution is 2.27. The zero-order valence-corrected chi connectivity index (χ0v) is 7.27. The lowest BCUT2D eigenvalue weighted by molar-refractivity contribution is -0.139. The second kappa shape index (κ2) is 4.13. The van der Waals surface area contributed by atoms with E-state index in [0.717, 1.165) is 24.8 Å². The van der Waals surface area contributed by atoms with Crippen LogP contribution in [0.3, 0.4) is 0 Å². The average Bonchev–Trinajstić information content (AvgIpc) is 2.50. The van der Waals surface area contributed by atoms with Crippen LogP contribution in [0.5, 0.6) is 0 Å². The van der Waals surface area contributed by atoms with E-state index in [4.69, 9.17) is 0 Å². The first kappa shape index (κ1) is 10.6. The molecule has 1 aliphatic carbocycles. The third kappa shape index (κ3) is 3.81. The predicted molar refractivity (Wildman–Crippen MR) is 43.2 cm³/mol. The fourth-order valence-corrected chi connectivity index (χ4v) is 1.48. The van der Waals surface area contributed by atoms with Crippen LogP contribution in [-0.4, -0.2) is 17.4 Å². The van der Waals surface area contributed by atoms with Crippen molar-refractivity contribution in [3.63, 3.8) is 0 Å². The molecule has 0 heterocycles. The molecule has 0 aromatic heterocycles. The van der Waals surface area contributed by atoms with E-state index in [2.05, 4.69) is 0 Å². The van der Waals surface area contributed by atoms with E-state index in [1.165, 1.54) is 0 Å². The summed E-state index contributed by atoms with van der Waals surface area (Å²) in [6, 6.07) is 0. The Balaban J connectivity index is 2.29. The number of hydrogen-bond donors (Lipinski definition) is 1. The molecule has 0 saturated carbocycles. The maximum absolute atomic E-state index is 11.8. The van der Waals surface area contributed by atoms with E-state index in [9.17, 15) is 18.3 Å². The lowest BCUT2D eigenvalue weighted by Crippen LogP contribution is -2.15. The second-order valence-corrected chi connectivity index (χ2v) is 3.34. The van der Waals surface area contributed by atoms with Gasteiger partial charge in [-0.3, -0.25) is 0 Å². The minimum Gasteiger partial charge on any atom is -0.389 e. The smallest absolute Gasteiger partial charge is 0.389 e. The summed E-state index contributed by atoms with van der Waals surface area (Å²) in [4.78, 5) is 0. The molecule has 1 atom stereocenters. The normalized spacial score (nSPS) is 20.2. The Bertz CT molecular complexity index is 196. The Morgan fingerprint density at radius 3 is 2.62 bits per heavy atom. The van der Waals surface area contributed by atoms with E-state index < -0.39 is 18.7 Å². The minimum atomic E-state index is -4.15. The number of alkyl halides is 3. The highest BCUT2D eigenvalue weighted by atomic mass is 19.4. The van der Waals surface area contributed by atoms with E-state index in [1.54, 1.807) is 0 Å². The molecule has 1 aliphatic rings. The van der Waals surface area contributed by atoms with Crippen molar-refractivity contribution < 1.29 is 18.3 Å². The van der Waals surface area contributed by atoms with E-state index in [1.807, 2.05) is 6.08 Å². The molecule has 0 bridgehead atoms. The van der Waals surface area contributed by atoms with Crippen molar-refractivity contribution in [2.24, 2.45) is 0 Å². The lowest BCUT2D eigenvalue weighted by atomic mass is 10.0. The second-order valence-electron chi connectivity index (χ2n) is 3.34. The number of halogens is 3. The molecule has 0 radical (unpaired) electrons. The molecule has 1 rings (SSSR count). The van der Waals surface area contributed by atoms with Crippen LogP contribution in [0.15, 0.2) is 11.6 Å². The summed E-state index contributed by atoms with van der Waals surface area (Å²) >= 11 is 0. The predicted octanol–water partition coefficient (Wildman–Crippen LogP) is 2.80. The van der Waals surface area contributed by atoms with E-state index >= 15 is 0 Å². The molecule has 0 spiro atoms. The van der Waals surface area contributed by atoms with Crippen molar-refractivity contribution in [2.75, 3.05) is 0 Å². The first-order valence-electron chi connectivity index (χ1n) is 4.43. The largest absolute Gasteiger partial charge is 0.389 e. The van der Waals surface area contributed by atoms with Gasteiger partial charge in [0.1, 0.15) is 0 Å². The number of rotatable bonds is 3. The number of aliphatic hydroxyl groups excluding tert-OH is 1. The summed E-state index contributed by atoms with van der Waals surface area (Å²) in [6.45, 7) is 0. The summed E-state index contributed by atoms with van der Waals surface area (Å²) in [5.41, 5.74) is 0.782. The SMILES string of the molecule is OC(CCC(F)(F)F)C1=CCCC1. The molecule has 1 N–H and O–H groups in total. The van der Waals surface area contributed by atoms with Gasteiger partial charge in [0.15, 0.2) is 0 Å². The van der Waals surface area contributed by atoms with Crippen LogP contribution in [0.1, 0.15) is 32.1 Å². The highest BCUT2D eigenvalue weighted by Gasteiger charge is 2.28. The lowest BCUT2D eigenvalue weighted by Gasteiger charge is -2.13. The number of allylic oxidation sites excluding steroid dienone is 1. The molecule has 0 amide bonds. The first-order chi connectivity index (χ1) is 5.99. The summed E-state index contributed by atoms with van der Waals surface area (Å²) < 4.78 is 35.3. The van der Waals surface area contributed by atoms with Crippen LogP contribution in [0.2, 0.25) is 0 Å². The summed E-state index contributed by atoms with van der Waals surface area (Å²) in [5.74, 6) is 0. The van der Waals surface area contributed by atoms with Gasteiger partial charge in [0.2, 0.25) is 0 Å². The maximum Gasteiger partial charge on any atom is 0.389 e. The van der Waals surface area contributed by atoms with Crippen LogP contribution in [0.25, 0.3) is 0 Å². The third-order valence-corrected chi connectivity index (χ3v) is 2.21. The van der Waals surface area contributed by atoms with Crippen LogP contribution >= 0.6 is 0 Å². The van der Waals surface area contributed by atoms with Crippen molar-refractivity contribution in [1.82, 2.24) is 0 Å². The van der Waals surface area contributed by atoms with Crippen molar-refractivity contribution in [3.05, 3.63) is 11.6 Å². The molecule has 0 aromatic carbocycles. The van der Waals surface area contributed by atoms with Gasteiger partial charge < -0.3 is 5.11 Å². The molecular weight excluding hydrogens is 181 g/mol. The zero-order valence-electron chi connectivity index (χ0n) is 7.27. The van der Waals surface area contributed by atoms with Crippen molar-refractivity contribution in [2.45, 2.75) is 44.4 Å². The van der Waals surface area contributed by atoms with Crippen LogP contribution in [0, 0.1) is 0 Å². The van der Waals surface area contributed by atoms with Gasteiger partial charge >= 0.3 is 6.18 Å². The van der Waals surface area contributed by atoms with Crippen molar-refractivity contribution in [3.8, 4) is 0 Å². The van der Waals surface area contributed by atoms with Gasteiger partial charge in [-0.15, -0.1) is 0 Å². The van der Waals surface area contributed by atoms with Crippen LogP contribution in [-0.2, 0) is 0 Å². The molecule has 1 unspecified atom stereocenters. The Morgan fingerprint density at radius 2 is 2.15 bits per heavy atom. The van der Waals surface area contributed by atoms with Crippen molar-refractivity contribution >= 4 is 0 Å². The summed E-state index contributed by atoms with van der Waals surface area (Å²) in [5, 5.41) is 9.34. The Hall–Kier alpha value is -0.510. The van der Waals surface area contributed by atoms with Crippen molar-refractivity contribution in [1.29, 1.82) is 0 Å². The van der Waals surface area contributed by atoms with Gasteiger partial charge in [-0.25, -0.2) is 0 Å². The monoisotopic (exact) mass is 194 g/mol. The maximum atomic E-state index is 11.8. The topological polar surface area (TPSA) is 20.2 Å². The quantitative estimate of drug-likeness (QED) is 0.685. The Morgan fingerprint density at radius 1 is 1.46 bits per heavy atom. The van der Waals surface area contributed by atoms with Crippen LogP contribution < -0.4 is 0 Å². The highest BCUT2D eigenvalue weighted by molar-refractivity contribution is 5.12. The molecule has 4 heteroatoms. The van der Waals surface area contributed by atoms with Gasteiger partial charge in [0.25, 0.3) is 0 Å². The zero-order chi connectivity index (χ0) is 9.90. The van der Waals surface area contributed by atoms with Gasteiger partial charge in [-0.1, -0.05) is 6.08 Å². The van der Waals surface area contributed by atoms with E-state index in [-0.39, 0.29) is 6.42 Å². The van der Waals surface area contributed by atoms with Gasteiger partial charge in [0.05, 0.1) is 6.10 Å². The summed E-state index contributed by atoms with van der Waals surface area (Å²) in [6.07, 6.45) is -1.69. The molecule has 76 valence electrons. The van der Waals surface area contributed by atoms with Crippen LogP contribution in [0.4, 0.5) is 13.2 Å². The standard InChI is InChI=1S/C9H13F3O/c10-9(11,12)6-5-8(13)7-3-1-2-4-7/h3,8,13H,1-2,4-6H2. The molecule has 0 aromatic rings. The fourth-order valence-electron chi connectivity index (χ4n) is 1.48. The van der Waals surface area contributed by atoms with Gasteiger partial charge in [-0.05, 0) is 31.3 Å². The molecule has 0 fully saturated rings. The first-order valence-corrected chi connectivity index (χ1v) is 4.43. The van der Waals surface area contributed by atoms with Gasteiger partial charge in [-0.2, -0.15) is 13.2 Å². The minimum absolute atomic E-state index is 0.199. The molecule has 0 saturated heterocycles. The fraction of sp³-hybridized carbons (Fsp3) is 0.778. The molecule has 13 heavy (non-hydrogen) atoms. The molecule has 0 aliphatic heterocycles. The molecule has 1 nitrogen and oxygen atoms in total. The average molecular weight is 194 g/mol. The summed E-state index contributed by atoms with van der Waals surface area (Å²) in [7, 11) is 0. The third-order valence-electron chi connectivity index (χ3n) is 2.21. The number of aliphatic hydroxyl groups is 1. The van der Waals surface area contributed by atoms with Gasteiger partial charge in [0, 0.05) is 6.42 Å². The Labute approximate surface area is 75.3 Å².